The second-order valence-corrected chi connectivity index (χ2v) is 6.88. The molecule has 2 heteroatoms. The summed E-state index contributed by atoms with van der Waals surface area (Å²) in [5, 5.41) is 3.47. The van der Waals surface area contributed by atoms with Gasteiger partial charge in [-0.3, -0.25) is 0 Å². The lowest BCUT2D eigenvalue weighted by molar-refractivity contribution is 0.0534. The van der Waals surface area contributed by atoms with Gasteiger partial charge in [-0.2, -0.15) is 0 Å². The predicted molar refractivity (Wildman–Crippen MR) is 74.3 cm³/mol. The smallest absolute Gasteiger partial charge is 0.0143 e. The highest BCUT2D eigenvalue weighted by Gasteiger charge is 2.35. The van der Waals surface area contributed by atoms with E-state index in [1.807, 2.05) is 0 Å². The normalized spacial score (nSPS) is 30.7. The van der Waals surface area contributed by atoms with Crippen LogP contribution in [0.4, 0.5) is 0 Å². The Morgan fingerprint density at radius 1 is 1.12 bits per heavy atom. The van der Waals surface area contributed by atoms with Crippen LogP contribution in [-0.4, -0.2) is 37.6 Å². The van der Waals surface area contributed by atoms with Crippen molar-refractivity contribution in [2.45, 2.75) is 58.4 Å². The van der Waals surface area contributed by atoms with Crippen molar-refractivity contribution in [3.63, 3.8) is 0 Å². The molecule has 1 saturated heterocycles. The quantitative estimate of drug-likeness (QED) is 0.813. The summed E-state index contributed by atoms with van der Waals surface area (Å²) in [5.74, 6) is 0.930. The number of hydrogen-bond acceptors (Lipinski definition) is 2. The predicted octanol–water partition coefficient (Wildman–Crippen LogP) is 2.89. The zero-order valence-electron chi connectivity index (χ0n) is 12.0. The molecule has 2 aliphatic rings. The van der Waals surface area contributed by atoms with Crippen molar-refractivity contribution in [2.75, 3.05) is 26.7 Å². The Morgan fingerprint density at radius 3 is 2.47 bits per heavy atom. The van der Waals surface area contributed by atoms with Crippen molar-refractivity contribution in [3.05, 3.63) is 0 Å². The molecule has 1 atom stereocenters. The van der Waals surface area contributed by atoms with E-state index >= 15 is 0 Å². The highest BCUT2D eigenvalue weighted by molar-refractivity contribution is 4.89. The molecule has 17 heavy (non-hydrogen) atoms. The molecule has 0 amide bonds. The molecule has 0 aromatic carbocycles. The SMILES string of the molecule is CN(CC1CCNCC1)C1CCCCC1(C)C. The van der Waals surface area contributed by atoms with Crippen molar-refractivity contribution in [1.82, 2.24) is 10.2 Å². The molecule has 0 aromatic rings. The summed E-state index contributed by atoms with van der Waals surface area (Å²) in [6.07, 6.45) is 8.44. The van der Waals surface area contributed by atoms with E-state index in [4.69, 9.17) is 0 Å². The molecule has 1 saturated carbocycles. The van der Waals surface area contributed by atoms with Crippen LogP contribution in [0.5, 0.6) is 0 Å². The molecule has 1 heterocycles. The van der Waals surface area contributed by atoms with E-state index in [1.54, 1.807) is 0 Å². The lowest BCUT2D eigenvalue weighted by Crippen LogP contribution is -2.47. The van der Waals surface area contributed by atoms with Gasteiger partial charge in [0.15, 0.2) is 0 Å². The van der Waals surface area contributed by atoms with Crippen LogP contribution in [0, 0.1) is 11.3 Å². The molecule has 1 unspecified atom stereocenters. The second-order valence-electron chi connectivity index (χ2n) is 6.88. The van der Waals surface area contributed by atoms with Gasteiger partial charge in [0.25, 0.3) is 0 Å². The van der Waals surface area contributed by atoms with Gasteiger partial charge in [-0.15, -0.1) is 0 Å². The Balaban J connectivity index is 1.87. The number of rotatable bonds is 3. The van der Waals surface area contributed by atoms with E-state index in [2.05, 4.69) is 31.1 Å². The number of hydrogen-bond donors (Lipinski definition) is 1. The monoisotopic (exact) mass is 238 g/mol. The van der Waals surface area contributed by atoms with Gasteiger partial charge in [-0.1, -0.05) is 26.7 Å². The number of piperidine rings is 1. The van der Waals surface area contributed by atoms with Crippen LogP contribution in [0.25, 0.3) is 0 Å². The Kier molecular flexibility index (Phi) is 4.48. The van der Waals surface area contributed by atoms with Gasteiger partial charge in [-0.05, 0) is 57.2 Å². The summed E-state index contributed by atoms with van der Waals surface area (Å²) in [4.78, 5) is 2.68. The molecule has 0 aromatic heterocycles. The molecule has 0 spiro atoms. The Hall–Kier alpha value is -0.0800. The topological polar surface area (TPSA) is 15.3 Å². The van der Waals surface area contributed by atoms with E-state index in [9.17, 15) is 0 Å². The summed E-state index contributed by atoms with van der Waals surface area (Å²) >= 11 is 0. The minimum atomic E-state index is 0.528. The van der Waals surface area contributed by atoms with Crippen LogP contribution in [0.3, 0.4) is 0 Å². The average molecular weight is 238 g/mol. The van der Waals surface area contributed by atoms with Gasteiger partial charge < -0.3 is 10.2 Å². The molecule has 1 aliphatic carbocycles. The molecule has 0 bridgehead atoms. The van der Waals surface area contributed by atoms with E-state index in [0.717, 1.165) is 12.0 Å². The van der Waals surface area contributed by atoms with E-state index in [0.29, 0.717) is 5.41 Å². The zero-order chi connectivity index (χ0) is 12.3. The first-order valence-electron chi connectivity index (χ1n) is 7.50. The summed E-state index contributed by atoms with van der Waals surface area (Å²) < 4.78 is 0. The van der Waals surface area contributed by atoms with Gasteiger partial charge >= 0.3 is 0 Å². The van der Waals surface area contributed by atoms with Crippen LogP contribution in [0.2, 0.25) is 0 Å². The fourth-order valence-corrected chi connectivity index (χ4v) is 3.89. The van der Waals surface area contributed by atoms with Crippen LogP contribution in [-0.2, 0) is 0 Å². The molecular weight excluding hydrogens is 208 g/mol. The van der Waals surface area contributed by atoms with Crippen molar-refractivity contribution >= 4 is 0 Å². The third-order valence-electron chi connectivity index (χ3n) is 4.99. The maximum Gasteiger partial charge on any atom is 0.0143 e. The van der Waals surface area contributed by atoms with E-state index in [-0.39, 0.29) is 0 Å². The molecule has 1 aliphatic heterocycles. The lowest BCUT2D eigenvalue weighted by atomic mass is 9.72. The Morgan fingerprint density at radius 2 is 1.82 bits per heavy atom. The van der Waals surface area contributed by atoms with Crippen molar-refractivity contribution in [2.24, 2.45) is 11.3 Å². The number of nitrogens with zero attached hydrogens (tertiary/aromatic N) is 1. The van der Waals surface area contributed by atoms with Crippen LogP contribution in [0.15, 0.2) is 0 Å². The summed E-state index contributed by atoms with van der Waals surface area (Å²) in [6.45, 7) is 8.71. The first kappa shape index (κ1) is 13.4. The van der Waals surface area contributed by atoms with Crippen LogP contribution in [0.1, 0.15) is 52.4 Å². The van der Waals surface area contributed by atoms with E-state index in [1.165, 1.54) is 58.2 Å². The standard InChI is InChI=1S/C15H30N2/c1-15(2)9-5-4-6-14(15)17(3)12-13-7-10-16-11-8-13/h13-14,16H,4-12H2,1-3H3. The molecule has 0 radical (unpaired) electrons. The Bertz CT molecular complexity index is 231. The fourth-order valence-electron chi connectivity index (χ4n) is 3.89. The van der Waals surface area contributed by atoms with Gasteiger partial charge in [0, 0.05) is 12.6 Å². The largest absolute Gasteiger partial charge is 0.317 e. The molecule has 2 rings (SSSR count). The van der Waals surface area contributed by atoms with Crippen molar-refractivity contribution in [1.29, 1.82) is 0 Å². The second kappa shape index (κ2) is 5.71. The van der Waals surface area contributed by atoms with Crippen molar-refractivity contribution < 1.29 is 0 Å². The molecule has 2 fully saturated rings. The van der Waals surface area contributed by atoms with Crippen LogP contribution >= 0.6 is 0 Å². The third-order valence-corrected chi connectivity index (χ3v) is 4.99. The Labute approximate surface area is 107 Å². The highest BCUT2D eigenvalue weighted by Crippen LogP contribution is 2.38. The summed E-state index contributed by atoms with van der Waals surface area (Å²) in [5.41, 5.74) is 0.528. The molecule has 2 nitrogen and oxygen atoms in total. The highest BCUT2D eigenvalue weighted by atomic mass is 15.1. The minimum Gasteiger partial charge on any atom is -0.317 e. The van der Waals surface area contributed by atoms with E-state index < -0.39 is 0 Å². The third kappa shape index (κ3) is 3.45. The van der Waals surface area contributed by atoms with Gasteiger partial charge in [-0.25, -0.2) is 0 Å². The fraction of sp³-hybridized carbons (Fsp3) is 1.00. The first-order chi connectivity index (χ1) is 8.09. The van der Waals surface area contributed by atoms with Gasteiger partial charge in [0.2, 0.25) is 0 Å². The average Bonchev–Trinajstić information content (AvgIpc) is 2.29. The molecular formula is C15H30N2. The maximum absolute atomic E-state index is 3.47. The lowest BCUT2D eigenvalue weighted by Gasteiger charge is -2.45. The van der Waals surface area contributed by atoms with Gasteiger partial charge in [0.05, 0.1) is 0 Å². The summed E-state index contributed by atoms with van der Waals surface area (Å²) in [6, 6.07) is 0.811. The van der Waals surface area contributed by atoms with Crippen molar-refractivity contribution in [3.8, 4) is 0 Å². The molecule has 1 N–H and O–H groups in total. The van der Waals surface area contributed by atoms with Gasteiger partial charge in [0.1, 0.15) is 0 Å². The number of nitrogens with one attached hydrogen (secondary N) is 1. The molecule has 100 valence electrons. The minimum absolute atomic E-state index is 0.528. The first-order valence-corrected chi connectivity index (χ1v) is 7.50. The zero-order valence-corrected chi connectivity index (χ0v) is 12.0. The summed E-state index contributed by atoms with van der Waals surface area (Å²) in [7, 11) is 2.36. The van der Waals surface area contributed by atoms with Crippen LogP contribution < -0.4 is 5.32 Å². The maximum atomic E-state index is 3.47.